The molecule has 1 aromatic carbocycles. The van der Waals surface area contributed by atoms with Gasteiger partial charge in [-0.3, -0.25) is 4.79 Å². The zero-order valence-electron chi connectivity index (χ0n) is 20.3. The number of halogens is 1. The van der Waals surface area contributed by atoms with Gasteiger partial charge in [-0.25, -0.2) is 9.29 Å². The Morgan fingerprint density at radius 2 is 2.06 bits per heavy atom. The molecule has 2 N–H and O–H groups in total. The second-order valence-electron chi connectivity index (χ2n) is 8.85. The van der Waals surface area contributed by atoms with E-state index in [1.807, 2.05) is 24.5 Å². The molecule has 2 saturated heterocycles. The average molecular weight is 518 g/mol. The van der Waals surface area contributed by atoms with Crippen molar-refractivity contribution in [1.29, 1.82) is 0 Å². The van der Waals surface area contributed by atoms with Crippen molar-refractivity contribution in [2.75, 3.05) is 62.1 Å². The second kappa shape index (κ2) is 11.5. The average Bonchev–Trinajstić information content (AvgIpc) is 2.83. The third-order valence-electron chi connectivity index (χ3n) is 6.29. The summed E-state index contributed by atoms with van der Waals surface area (Å²) in [6.07, 6.45) is 7.03. The van der Waals surface area contributed by atoms with Crippen LogP contribution in [0.25, 0.3) is 0 Å². The monoisotopic (exact) mass is 517 g/mol. The molecule has 0 bridgehead atoms. The number of piperidine rings is 1. The number of carbonyl (C=O) groups excluding carboxylic acids is 1. The zero-order valence-corrected chi connectivity index (χ0v) is 21.9. The Bertz CT molecular complexity index is 1060. The third-order valence-corrected chi connectivity index (χ3v) is 7.37. The maximum atomic E-state index is 12.2. The van der Waals surface area contributed by atoms with Gasteiger partial charge in [-0.15, -0.1) is 0 Å². The summed E-state index contributed by atoms with van der Waals surface area (Å²) in [5.41, 5.74) is 2.43. The Balaban J connectivity index is 1.50. The summed E-state index contributed by atoms with van der Waals surface area (Å²) in [4.78, 5) is 25.5. The number of hydrogen-bond donors (Lipinski definition) is 2. The highest BCUT2D eigenvalue weighted by atomic mass is 35.5. The van der Waals surface area contributed by atoms with E-state index in [1.165, 1.54) is 12.3 Å². The Labute approximate surface area is 216 Å². The predicted molar refractivity (Wildman–Crippen MR) is 144 cm³/mol. The van der Waals surface area contributed by atoms with Gasteiger partial charge in [0.25, 0.3) is 0 Å². The van der Waals surface area contributed by atoms with Gasteiger partial charge in [0.2, 0.25) is 17.7 Å². The predicted octanol–water partition coefficient (Wildman–Crippen LogP) is 3.87. The lowest BCUT2D eigenvalue weighted by Gasteiger charge is -2.37. The largest absolute Gasteiger partial charge is 0.470 e. The van der Waals surface area contributed by atoms with E-state index in [0.29, 0.717) is 28.6 Å². The summed E-state index contributed by atoms with van der Waals surface area (Å²) < 4.78 is 8.15. The Morgan fingerprint density at radius 3 is 2.71 bits per heavy atom. The number of ether oxygens (including phenoxy) is 1. The van der Waals surface area contributed by atoms with Crippen molar-refractivity contribution in [3.8, 4) is 5.88 Å². The fourth-order valence-electron chi connectivity index (χ4n) is 4.20. The van der Waals surface area contributed by atoms with Gasteiger partial charge in [-0.2, -0.15) is 4.98 Å². The van der Waals surface area contributed by atoms with E-state index in [9.17, 15) is 4.79 Å². The van der Waals surface area contributed by atoms with Crippen LogP contribution in [0.5, 0.6) is 5.88 Å². The first-order valence-corrected chi connectivity index (χ1v) is 13.2. The highest BCUT2D eigenvalue weighted by Crippen LogP contribution is 2.33. The van der Waals surface area contributed by atoms with Gasteiger partial charge < -0.3 is 25.2 Å². The Kier molecular flexibility index (Phi) is 8.38. The number of rotatable bonds is 9. The molecule has 11 heteroatoms. The molecule has 2 aliphatic heterocycles. The van der Waals surface area contributed by atoms with Gasteiger partial charge in [0.1, 0.15) is 11.1 Å². The van der Waals surface area contributed by atoms with Gasteiger partial charge in [-0.05, 0) is 57.5 Å². The lowest BCUT2D eigenvalue weighted by Crippen LogP contribution is -2.49. The summed E-state index contributed by atoms with van der Waals surface area (Å²) in [6.45, 7) is 7.07. The van der Waals surface area contributed by atoms with E-state index < -0.39 is 0 Å². The van der Waals surface area contributed by atoms with Crippen molar-refractivity contribution in [3.63, 3.8) is 0 Å². The molecule has 0 spiro atoms. The number of amides is 1. The topological polar surface area (TPSA) is 85.9 Å². The van der Waals surface area contributed by atoms with Crippen LogP contribution in [0.15, 0.2) is 37.1 Å². The summed E-state index contributed by atoms with van der Waals surface area (Å²) in [6, 6.07) is 6.42. The molecule has 35 heavy (non-hydrogen) atoms. The van der Waals surface area contributed by atoms with Gasteiger partial charge in [-0.1, -0.05) is 30.1 Å². The maximum absolute atomic E-state index is 12.2. The van der Waals surface area contributed by atoms with Crippen molar-refractivity contribution in [3.05, 3.63) is 42.1 Å². The number of anilines is 4. The molecule has 0 aliphatic carbocycles. The van der Waals surface area contributed by atoms with Gasteiger partial charge >= 0.3 is 0 Å². The normalized spacial score (nSPS) is 17.2. The van der Waals surface area contributed by atoms with Crippen LogP contribution >= 0.6 is 23.5 Å². The van der Waals surface area contributed by atoms with Gasteiger partial charge in [0.05, 0.1) is 17.6 Å². The molecule has 2 aliphatic rings. The number of hydrogen-bond acceptors (Lipinski definition) is 9. The lowest BCUT2D eigenvalue weighted by atomic mass is 10.0. The van der Waals surface area contributed by atoms with E-state index in [4.69, 9.17) is 16.3 Å². The fraction of sp³-hybridized carbons (Fsp3) is 0.458. The highest BCUT2D eigenvalue weighted by Gasteiger charge is 2.29. The van der Waals surface area contributed by atoms with Crippen LogP contribution in [0.4, 0.5) is 23.0 Å². The maximum Gasteiger partial charge on any atom is 0.247 e. The molecule has 0 saturated carbocycles. The minimum absolute atomic E-state index is 0.0549. The molecule has 0 atom stereocenters. The molecular weight excluding hydrogens is 486 g/mol. The summed E-state index contributed by atoms with van der Waals surface area (Å²) in [7, 11) is 4.24. The van der Waals surface area contributed by atoms with Crippen LogP contribution < -0.4 is 20.3 Å². The molecule has 188 valence electrons. The standard InChI is InChI=1S/C24H32ClN7O2S/c1-5-22(33)28-20-12-16(6-7-21(20)31-10-8-17(9-11-31)30(2)3)27-24-26-13-19(25)23(29-24)34-18-14-32(15-18)35-4/h5-7,12-13,17-18H,1,8-11,14-15H2,2-4H3,(H,28,33)(H,26,27,29). The van der Waals surface area contributed by atoms with Crippen LogP contribution in [0.3, 0.4) is 0 Å². The van der Waals surface area contributed by atoms with E-state index in [2.05, 4.69) is 55.4 Å². The minimum Gasteiger partial charge on any atom is -0.470 e. The highest BCUT2D eigenvalue weighted by molar-refractivity contribution is 7.96. The summed E-state index contributed by atoms with van der Waals surface area (Å²) >= 11 is 7.96. The van der Waals surface area contributed by atoms with E-state index >= 15 is 0 Å². The van der Waals surface area contributed by atoms with Crippen molar-refractivity contribution in [2.45, 2.75) is 25.0 Å². The summed E-state index contributed by atoms with van der Waals surface area (Å²) in [5.74, 6) is 0.464. The van der Waals surface area contributed by atoms with Crippen LogP contribution in [0, 0.1) is 0 Å². The molecule has 3 heterocycles. The SMILES string of the molecule is C=CC(=O)Nc1cc(Nc2ncc(Cl)c(OC3CN(SC)C3)n2)ccc1N1CCC(N(C)C)CC1. The van der Waals surface area contributed by atoms with Crippen LogP contribution in [0.2, 0.25) is 5.02 Å². The molecule has 0 radical (unpaired) electrons. The Morgan fingerprint density at radius 1 is 1.31 bits per heavy atom. The van der Waals surface area contributed by atoms with Crippen molar-refractivity contribution < 1.29 is 9.53 Å². The van der Waals surface area contributed by atoms with Crippen LogP contribution in [-0.4, -0.2) is 83.8 Å². The summed E-state index contributed by atoms with van der Waals surface area (Å²) in [5, 5.41) is 6.52. The molecule has 4 rings (SSSR count). The van der Waals surface area contributed by atoms with E-state index in [1.54, 1.807) is 11.9 Å². The first-order valence-electron chi connectivity index (χ1n) is 11.6. The quantitative estimate of drug-likeness (QED) is 0.380. The lowest BCUT2D eigenvalue weighted by molar-refractivity contribution is -0.111. The fourth-order valence-corrected chi connectivity index (χ4v) is 4.97. The first kappa shape index (κ1) is 25.6. The molecule has 1 amide bonds. The smallest absolute Gasteiger partial charge is 0.247 e. The number of nitrogens with one attached hydrogen (secondary N) is 2. The number of carbonyl (C=O) groups is 1. The molecule has 2 fully saturated rings. The molecular formula is C24H32ClN7O2S. The Hall–Kier alpha value is -2.53. The molecule has 1 aromatic heterocycles. The minimum atomic E-state index is -0.259. The van der Waals surface area contributed by atoms with Gasteiger partial charge in [0.15, 0.2) is 0 Å². The second-order valence-corrected chi connectivity index (χ2v) is 10.1. The number of nitrogens with zero attached hydrogens (tertiary/aromatic N) is 5. The van der Waals surface area contributed by atoms with Crippen molar-refractivity contribution in [1.82, 2.24) is 19.2 Å². The third kappa shape index (κ3) is 6.38. The van der Waals surface area contributed by atoms with E-state index in [-0.39, 0.29) is 12.0 Å². The number of aromatic nitrogens is 2. The van der Waals surface area contributed by atoms with E-state index in [0.717, 1.165) is 50.4 Å². The van der Waals surface area contributed by atoms with Gasteiger partial charge in [0, 0.05) is 37.9 Å². The van der Waals surface area contributed by atoms with Crippen LogP contribution in [0.1, 0.15) is 12.8 Å². The zero-order chi connectivity index (χ0) is 24.9. The molecule has 0 unspecified atom stereocenters. The molecule has 9 nitrogen and oxygen atoms in total. The number of benzene rings is 1. The van der Waals surface area contributed by atoms with Crippen molar-refractivity contribution in [2.24, 2.45) is 0 Å². The first-order chi connectivity index (χ1) is 16.9. The molecule has 2 aromatic rings. The van der Waals surface area contributed by atoms with Crippen LogP contribution in [-0.2, 0) is 4.79 Å². The van der Waals surface area contributed by atoms with Crippen molar-refractivity contribution >= 4 is 52.5 Å².